The van der Waals surface area contributed by atoms with Gasteiger partial charge in [-0.3, -0.25) is 4.79 Å². The van der Waals surface area contributed by atoms with E-state index in [2.05, 4.69) is 0 Å². The van der Waals surface area contributed by atoms with Crippen molar-refractivity contribution >= 4 is 50.5 Å². The van der Waals surface area contributed by atoms with Crippen LogP contribution in [-0.2, 0) is 4.74 Å². The molecular formula is C15H15Cl2NO2S. The minimum atomic E-state index is -0.0284. The number of nitrogens with zero attached hydrogens (tertiary/aromatic N) is 1. The van der Waals surface area contributed by atoms with Crippen molar-refractivity contribution in [1.29, 1.82) is 0 Å². The lowest BCUT2D eigenvalue weighted by Gasteiger charge is -2.35. The number of carbonyl (C=O) groups is 1. The van der Waals surface area contributed by atoms with Crippen LogP contribution in [0.15, 0.2) is 18.2 Å². The van der Waals surface area contributed by atoms with Gasteiger partial charge in [0.05, 0.1) is 17.2 Å². The Morgan fingerprint density at radius 1 is 1.29 bits per heavy atom. The second-order valence-electron chi connectivity index (χ2n) is 5.35. The van der Waals surface area contributed by atoms with Crippen molar-refractivity contribution in [3.63, 3.8) is 0 Å². The van der Waals surface area contributed by atoms with E-state index >= 15 is 0 Å². The highest BCUT2D eigenvalue weighted by Gasteiger charge is 2.29. The van der Waals surface area contributed by atoms with Gasteiger partial charge in [0.15, 0.2) is 0 Å². The highest BCUT2D eigenvalue weighted by molar-refractivity contribution is 7.21. The molecule has 1 fully saturated rings. The van der Waals surface area contributed by atoms with Gasteiger partial charge in [-0.2, -0.15) is 0 Å². The monoisotopic (exact) mass is 343 g/mol. The Morgan fingerprint density at radius 3 is 2.62 bits per heavy atom. The fourth-order valence-electron chi connectivity index (χ4n) is 2.66. The van der Waals surface area contributed by atoms with E-state index < -0.39 is 0 Å². The summed E-state index contributed by atoms with van der Waals surface area (Å²) in [4.78, 5) is 15.1. The minimum Gasteiger partial charge on any atom is -0.372 e. The van der Waals surface area contributed by atoms with Gasteiger partial charge in [0.2, 0.25) is 0 Å². The van der Waals surface area contributed by atoms with E-state index in [1.165, 1.54) is 11.3 Å². The number of hydrogen-bond donors (Lipinski definition) is 0. The molecule has 2 atom stereocenters. The number of carbonyl (C=O) groups excluding carboxylic acids is 1. The fraction of sp³-hybridized carbons (Fsp3) is 0.400. The number of ether oxygens (including phenoxy) is 1. The normalized spacial score (nSPS) is 22.8. The quantitative estimate of drug-likeness (QED) is 0.765. The molecule has 1 aliphatic heterocycles. The van der Waals surface area contributed by atoms with Gasteiger partial charge in [-0.05, 0) is 26.0 Å². The lowest BCUT2D eigenvalue weighted by molar-refractivity contribution is -0.0584. The van der Waals surface area contributed by atoms with Crippen molar-refractivity contribution in [3.8, 4) is 0 Å². The van der Waals surface area contributed by atoms with Crippen molar-refractivity contribution in [2.45, 2.75) is 26.1 Å². The van der Waals surface area contributed by atoms with Crippen LogP contribution in [0.25, 0.3) is 10.1 Å². The van der Waals surface area contributed by atoms with Gasteiger partial charge in [0, 0.05) is 28.2 Å². The molecule has 0 saturated carbocycles. The van der Waals surface area contributed by atoms with E-state index in [9.17, 15) is 4.79 Å². The van der Waals surface area contributed by atoms with Crippen LogP contribution in [0.1, 0.15) is 23.5 Å². The van der Waals surface area contributed by atoms with Gasteiger partial charge in [-0.15, -0.1) is 11.3 Å². The molecule has 3 nitrogen and oxygen atoms in total. The third kappa shape index (κ3) is 2.90. The molecule has 2 heterocycles. The summed E-state index contributed by atoms with van der Waals surface area (Å²) in [5.41, 5.74) is 0. The van der Waals surface area contributed by atoms with E-state index in [1.807, 2.05) is 30.9 Å². The molecule has 3 rings (SSSR count). The lowest BCUT2D eigenvalue weighted by atomic mass is 10.2. The first kappa shape index (κ1) is 15.1. The third-order valence-electron chi connectivity index (χ3n) is 3.49. The molecule has 1 amide bonds. The van der Waals surface area contributed by atoms with Crippen LogP contribution in [0.5, 0.6) is 0 Å². The number of hydrogen-bond acceptors (Lipinski definition) is 3. The van der Waals surface area contributed by atoms with Crippen LogP contribution in [0.2, 0.25) is 10.0 Å². The predicted octanol–water partition coefficient (Wildman–Crippen LogP) is 4.46. The maximum absolute atomic E-state index is 12.7. The summed E-state index contributed by atoms with van der Waals surface area (Å²) >= 11 is 13.8. The zero-order chi connectivity index (χ0) is 15.1. The molecule has 1 saturated heterocycles. The average Bonchev–Trinajstić information content (AvgIpc) is 2.73. The summed E-state index contributed by atoms with van der Waals surface area (Å²) in [7, 11) is 0. The van der Waals surface area contributed by atoms with Gasteiger partial charge in [0.25, 0.3) is 5.91 Å². The Balaban J connectivity index is 1.96. The molecular weight excluding hydrogens is 329 g/mol. The van der Waals surface area contributed by atoms with Gasteiger partial charge in [-0.25, -0.2) is 0 Å². The Bertz CT molecular complexity index is 690. The van der Waals surface area contributed by atoms with Crippen molar-refractivity contribution in [2.24, 2.45) is 0 Å². The van der Waals surface area contributed by atoms with E-state index in [4.69, 9.17) is 27.9 Å². The number of fused-ring (bicyclic) bond motifs is 1. The molecule has 0 bridgehead atoms. The Labute approximate surface area is 137 Å². The van der Waals surface area contributed by atoms with Gasteiger partial charge >= 0.3 is 0 Å². The Morgan fingerprint density at radius 2 is 1.95 bits per heavy atom. The molecule has 0 unspecified atom stereocenters. The van der Waals surface area contributed by atoms with Crippen molar-refractivity contribution < 1.29 is 9.53 Å². The maximum atomic E-state index is 12.7. The fourth-order valence-corrected chi connectivity index (χ4v) is 4.42. The number of halogens is 2. The highest BCUT2D eigenvalue weighted by Crippen LogP contribution is 2.37. The zero-order valence-electron chi connectivity index (χ0n) is 11.7. The van der Waals surface area contributed by atoms with Gasteiger partial charge in [0.1, 0.15) is 4.88 Å². The molecule has 0 spiro atoms. The molecule has 1 aliphatic rings. The second-order valence-corrected chi connectivity index (χ2v) is 7.22. The number of benzene rings is 1. The first-order valence-corrected chi connectivity index (χ1v) is 8.35. The number of morpholine rings is 1. The second kappa shape index (κ2) is 5.76. The summed E-state index contributed by atoms with van der Waals surface area (Å²) in [5, 5.41) is 2.04. The van der Waals surface area contributed by atoms with Crippen LogP contribution >= 0.6 is 34.5 Å². The molecule has 21 heavy (non-hydrogen) atoms. The lowest BCUT2D eigenvalue weighted by Crippen LogP contribution is -2.48. The summed E-state index contributed by atoms with van der Waals surface area (Å²) in [6.45, 7) is 5.13. The third-order valence-corrected chi connectivity index (χ3v) is 5.37. The molecule has 1 aromatic heterocycles. The van der Waals surface area contributed by atoms with E-state index in [0.717, 1.165) is 10.1 Å². The van der Waals surface area contributed by atoms with Crippen molar-refractivity contribution in [1.82, 2.24) is 4.90 Å². The Kier molecular flexibility index (Phi) is 4.14. The highest BCUT2D eigenvalue weighted by atomic mass is 35.5. The standard InChI is InChI=1S/C15H15Cl2NO2S/c1-8-6-18(7-9(2)20-8)15(19)14-13(17)11-4-3-10(16)5-12(11)21-14/h3-5,8-9H,6-7H2,1-2H3/t8-,9+. The zero-order valence-corrected chi connectivity index (χ0v) is 14.1. The molecule has 6 heteroatoms. The van der Waals surface area contributed by atoms with Gasteiger partial charge in [-0.1, -0.05) is 29.3 Å². The van der Waals surface area contributed by atoms with E-state index in [-0.39, 0.29) is 18.1 Å². The summed E-state index contributed by atoms with van der Waals surface area (Å²) in [5.74, 6) is -0.0284. The summed E-state index contributed by atoms with van der Waals surface area (Å²) in [6.07, 6.45) is 0.0839. The van der Waals surface area contributed by atoms with E-state index in [1.54, 1.807) is 6.07 Å². The molecule has 0 aliphatic carbocycles. The van der Waals surface area contributed by atoms with Gasteiger partial charge < -0.3 is 9.64 Å². The maximum Gasteiger partial charge on any atom is 0.265 e. The largest absolute Gasteiger partial charge is 0.372 e. The summed E-state index contributed by atoms with van der Waals surface area (Å²) < 4.78 is 6.60. The molecule has 2 aromatic rings. The Hall–Kier alpha value is -0.810. The first-order chi connectivity index (χ1) is 9.95. The SMILES string of the molecule is C[C@@H]1CN(C(=O)c2sc3cc(Cl)ccc3c2Cl)C[C@H](C)O1. The first-order valence-electron chi connectivity index (χ1n) is 6.78. The van der Waals surface area contributed by atoms with E-state index in [0.29, 0.717) is 28.0 Å². The molecule has 0 N–H and O–H groups in total. The number of rotatable bonds is 1. The van der Waals surface area contributed by atoms with Crippen LogP contribution in [0.4, 0.5) is 0 Å². The summed E-state index contributed by atoms with van der Waals surface area (Å²) in [6, 6.07) is 5.49. The van der Waals surface area contributed by atoms with Crippen molar-refractivity contribution in [2.75, 3.05) is 13.1 Å². The number of thiophene rings is 1. The molecule has 0 radical (unpaired) electrons. The smallest absolute Gasteiger partial charge is 0.265 e. The van der Waals surface area contributed by atoms with Crippen molar-refractivity contribution in [3.05, 3.63) is 33.1 Å². The minimum absolute atomic E-state index is 0.0284. The molecule has 1 aromatic carbocycles. The van der Waals surface area contributed by atoms with Crippen LogP contribution < -0.4 is 0 Å². The topological polar surface area (TPSA) is 29.5 Å². The van der Waals surface area contributed by atoms with Crippen LogP contribution in [-0.4, -0.2) is 36.1 Å². The van der Waals surface area contributed by atoms with Crippen LogP contribution in [0.3, 0.4) is 0 Å². The van der Waals surface area contributed by atoms with Crippen LogP contribution in [0, 0.1) is 0 Å². The molecule has 112 valence electrons. The average molecular weight is 344 g/mol. The predicted molar refractivity (Wildman–Crippen MR) is 87.8 cm³/mol. The number of amides is 1.